The van der Waals surface area contributed by atoms with Gasteiger partial charge < -0.3 is 13.8 Å². The topological polar surface area (TPSA) is 91.2 Å². The maximum atomic E-state index is 12.3. The highest BCUT2D eigenvalue weighted by Crippen LogP contribution is 2.21. The second-order valence-electron chi connectivity index (χ2n) is 5.28. The van der Waals surface area contributed by atoms with Crippen molar-refractivity contribution < 1.29 is 18.0 Å². The van der Waals surface area contributed by atoms with Gasteiger partial charge in [0.1, 0.15) is 11.5 Å². The standard InChI is InChI=1S/C16H17N3O4S/c1-10-14(11(2)22-18-10)8-24(20)9-15-17-16(23-19-15)12-4-6-13(21-3)7-5-12/h4-7H,8-9H2,1-3H3. The molecule has 0 saturated carbocycles. The molecule has 8 heteroatoms. The highest BCUT2D eigenvalue weighted by atomic mass is 32.2. The molecule has 3 rings (SSSR count). The molecular formula is C16H17N3O4S. The summed E-state index contributed by atoms with van der Waals surface area (Å²) in [5, 5.41) is 7.76. The van der Waals surface area contributed by atoms with E-state index in [1.54, 1.807) is 7.11 Å². The minimum atomic E-state index is -1.17. The third kappa shape index (κ3) is 3.53. The quantitative estimate of drug-likeness (QED) is 0.677. The summed E-state index contributed by atoms with van der Waals surface area (Å²) in [4.78, 5) is 4.30. The Kier molecular flexibility index (Phi) is 4.75. The minimum Gasteiger partial charge on any atom is -0.497 e. The van der Waals surface area contributed by atoms with Crippen molar-refractivity contribution in [3.63, 3.8) is 0 Å². The average molecular weight is 347 g/mol. The van der Waals surface area contributed by atoms with Gasteiger partial charge in [-0.2, -0.15) is 4.98 Å². The predicted octanol–water partition coefficient (Wildman–Crippen LogP) is 2.80. The lowest BCUT2D eigenvalue weighted by molar-refractivity contribution is 0.392. The fourth-order valence-corrected chi connectivity index (χ4v) is 3.47. The fraction of sp³-hybridized carbons (Fsp3) is 0.312. The summed E-state index contributed by atoms with van der Waals surface area (Å²) in [5.74, 6) is 2.80. The molecule has 24 heavy (non-hydrogen) atoms. The van der Waals surface area contributed by atoms with E-state index in [0.29, 0.717) is 23.2 Å². The van der Waals surface area contributed by atoms with E-state index >= 15 is 0 Å². The lowest BCUT2D eigenvalue weighted by atomic mass is 10.2. The Balaban J connectivity index is 1.68. The maximum absolute atomic E-state index is 12.3. The first-order valence-corrected chi connectivity index (χ1v) is 8.79. The van der Waals surface area contributed by atoms with E-state index in [2.05, 4.69) is 15.3 Å². The molecule has 1 aromatic carbocycles. The van der Waals surface area contributed by atoms with E-state index < -0.39 is 10.8 Å². The zero-order valence-electron chi connectivity index (χ0n) is 13.6. The van der Waals surface area contributed by atoms with Gasteiger partial charge in [0.05, 0.1) is 24.3 Å². The van der Waals surface area contributed by atoms with E-state index in [1.165, 1.54) is 0 Å². The number of hydrogen-bond donors (Lipinski definition) is 0. The van der Waals surface area contributed by atoms with E-state index in [1.807, 2.05) is 38.1 Å². The summed E-state index contributed by atoms with van der Waals surface area (Å²) < 4.78 is 27.8. The number of nitrogens with zero attached hydrogens (tertiary/aromatic N) is 3. The highest BCUT2D eigenvalue weighted by molar-refractivity contribution is 7.83. The molecule has 2 heterocycles. The van der Waals surface area contributed by atoms with Crippen molar-refractivity contribution in [3.05, 3.63) is 47.1 Å². The molecule has 1 atom stereocenters. The van der Waals surface area contributed by atoms with Crippen LogP contribution in [0.5, 0.6) is 5.75 Å². The third-order valence-corrected chi connectivity index (χ3v) is 4.77. The van der Waals surface area contributed by atoms with Gasteiger partial charge in [0.2, 0.25) is 0 Å². The first-order valence-electron chi connectivity index (χ1n) is 7.30. The first kappa shape index (κ1) is 16.4. The number of hydrogen-bond acceptors (Lipinski definition) is 7. The molecule has 0 aliphatic rings. The molecule has 7 nitrogen and oxygen atoms in total. The van der Waals surface area contributed by atoms with Gasteiger partial charge in [-0.15, -0.1) is 0 Å². The van der Waals surface area contributed by atoms with Crippen molar-refractivity contribution in [3.8, 4) is 17.2 Å². The van der Waals surface area contributed by atoms with Gasteiger partial charge in [-0.3, -0.25) is 4.21 Å². The molecule has 0 spiro atoms. The van der Waals surface area contributed by atoms with Crippen LogP contribution in [0.25, 0.3) is 11.5 Å². The van der Waals surface area contributed by atoms with Gasteiger partial charge in [0.15, 0.2) is 5.82 Å². The van der Waals surface area contributed by atoms with Crippen LogP contribution in [0.1, 0.15) is 22.8 Å². The Bertz CT molecular complexity index is 835. The molecule has 0 bridgehead atoms. The molecule has 0 amide bonds. The van der Waals surface area contributed by atoms with Gasteiger partial charge in [0.25, 0.3) is 5.89 Å². The van der Waals surface area contributed by atoms with Gasteiger partial charge >= 0.3 is 0 Å². The molecule has 0 aliphatic heterocycles. The molecule has 0 saturated heterocycles. The molecule has 3 aromatic rings. The summed E-state index contributed by atoms with van der Waals surface area (Å²) in [5.41, 5.74) is 2.41. The second-order valence-corrected chi connectivity index (χ2v) is 6.73. The molecule has 0 N–H and O–H groups in total. The number of ether oxygens (including phenoxy) is 1. The summed E-state index contributed by atoms with van der Waals surface area (Å²) in [6.45, 7) is 3.64. The zero-order chi connectivity index (χ0) is 17.1. The van der Waals surface area contributed by atoms with E-state index in [0.717, 1.165) is 22.6 Å². The predicted molar refractivity (Wildman–Crippen MR) is 87.8 cm³/mol. The van der Waals surface area contributed by atoms with Crippen LogP contribution in [0.4, 0.5) is 0 Å². The Morgan fingerprint density at radius 1 is 1.08 bits per heavy atom. The first-order chi connectivity index (χ1) is 11.6. The third-order valence-electron chi connectivity index (χ3n) is 3.58. The molecule has 0 fully saturated rings. The largest absolute Gasteiger partial charge is 0.497 e. The number of methoxy groups -OCH3 is 1. The molecule has 2 aromatic heterocycles. The Morgan fingerprint density at radius 2 is 1.83 bits per heavy atom. The van der Waals surface area contributed by atoms with Crippen LogP contribution >= 0.6 is 0 Å². The van der Waals surface area contributed by atoms with Crippen molar-refractivity contribution in [1.82, 2.24) is 15.3 Å². The van der Waals surface area contributed by atoms with Crippen molar-refractivity contribution in [1.29, 1.82) is 0 Å². The highest BCUT2D eigenvalue weighted by Gasteiger charge is 2.16. The lowest BCUT2D eigenvalue weighted by Crippen LogP contribution is -2.02. The summed E-state index contributed by atoms with van der Waals surface area (Å²) >= 11 is 0. The van der Waals surface area contributed by atoms with Crippen molar-refractivity contribution in [2.75, 3.05) is 7.11 Å². The Hall–Kier alpha value is -2.48. The summed E-state index contributed by atoms with van der Waals surface area (Å²) in [7, 11) is 0.431. The fourth-order valence-electron chi connectivity index (χ4n) is 2.23. The van der Waals surface area contributed by atoms with Crippen LogP contribution < -0.4 is 4.74 Å². The van der Waals surface area contributed by atoms with Gasteiger partial charge in [-0.25, -0.2) is 0 Å². The van der Waals surface area contributed by atoms with Gasteiger partial charge in [-0.05, 0) is 38.1 Å². The summed E-state index contributed by atoms with van der Waals surface area (Å²) in [6.07, 6.45) is 0. The number of aryl methyl sites for hydroxylation is 2. The monoisotopic (exact) mass is 347 g/mol. The number of rotatable bonds is 6. The van der Waals surface area contributed by atoms with E-state index in [4.69, 9.17) is 13.8 Å². The average Bonchev–Trinajstić information content (AvgIpc) is 3.17. The van der Waals surface area contributed by atoms with E-state index in [-0.39, 0.29) is 5.75 Å². The van der Waals surface area contributed by atoms with Crippen LogP contribution in [0.2, 0.25) is 0 Å². The number of aromatic nitrogens is 3. The Labute approximate surface area is 141 Å². The molecule has 0 radical (unpaired) electrons. The van der Waals surface area contributed by atoms with Crippen molar-refractivity contribution in [2.45, 2.75) is 25.4 Å². The Morgan fingerprint density at radius 3 is 2.46 bits per heavy atom. The van der Waals surface area contributed by atoms with Crippen LogP contribution in [0.15, 0.2) is 33.3 Å². The van der Waals surface area contributed by atoms with Crippen LogP contribution in [-0.4, -0.2) is 26.6 Å². The van der Waals surface area contributed by atoms with Crippen LogP contribution in [-0.2, 0) is 22.3 Å². The molecule has 1 unspecified atom stereocenters. The van der Waals surface area contributed by atoms with Crippen molar-refractivity contribution >= 4 is 10.8 Å². The van der Waals surface area contributed by atoms with E-state index in [9.17, 15) is 4.21 Å². The summed E-state index contributed by atoms with van der Waals surface area (Å²) in [6, 6.07) is 7.29. The van der Waals surface area contributed by atoms with Crippen LogP contribution in [0, 0.1) is 13.8 Å². The zero-order valence-corrected chi connectivity index (χ0v) is 14.4. The SMILES string of the molecule is COc1ccc(-c2nc(CS(=O)Cc3c(C)noc3C)no2)cc1. The molecule has 0 aliphatic carbocycles. The lowest BCUT2D eigenvalue weighted by Gasteiger charge is -1.99. The van der Waals surface area contributed by atoms with Crippen molar-refractivity contribution in [2.24, 2.45) is 0 Å². The number of benzene rings is 1. The molecular weight excluding hydrogens is 330 g/mol. The normalized spacial score (nSPS) is 12.3. The maximum Gasteiger partial charge on any atom is 0.257 e. The smallest absolute Gasteiger partial charge is 0.257 e. The van der Waals surface area contributed by atoms with Gasteiger partial charge in [-0.1, -0.05) is 10.3 Å². The molecule has 126 valence electrons. The second kappa shape index (κ2) is 6.96. The minimum absolute atomic E-state index is 0.212. The van der Waals surface area contributed by atoms with Crippen LogP contribution in [0.3, 0.4) is 0 Å². The van der Waals surface area contributed by atoms with Gasteiger partial charge in [0, 0.05) is 21.9 Å².